The third kappa shape index (κ3) is 7.02. The molecule has 0 aliphatic carbocycles. The van der Waals surface area contributed by atoms with Crippen LogP contribution in [0, 0.1) is 12.8 Å². The number of carboxylic acids is 1. The summed E-state index contributed by atoms with van der Waals surface area (Å²) in [7, 11) is 0. The Kier molecular flexibility index (Phi) is 8.01. The predicted octanol–water partition coefficient (Wildman–Crippen LogP) is 5.23. The molecule has 2 aromatic rings. The number of hydrogen-bond donors (Lipinski definition) is 1. The van der Waals surface area contributed by atoms with Crippen LogP contribution < -0.4 is 0 Å². The van der Waals surface area contributed by atoms with Gasteiger partial charge in [0.15, 0.2) is 11.4 Å². The van der Waals surface area contributed by atoms with E-state index in [1.54, 1.807) is 0 Å². The lowest BCUT2D eigenvalue weighted by molar-refractivity contribution is -0.159. The van der Waals surface area contributed by atoms with Crippen molar-refractivity contribution in [3.8, 4) is 0 Å². The first-order valence-electron chi connectivity index (χ1n) is 11.1. The Balaban J connectivity index is 1.44. The highest BCUT2D eigenvalue weighted by Crippen LogP contribution is 2.19. The highest BCUT2D eigenvalue weighted by molar-refractivity contribution is 5.99. The molecule has 1 heterocycles. The molecule has 5 heteroatoms. The Labute approximate surface area is 195 Å². The van der Waals surface area contributed by atoms with Crippen molar-refractivity contribution in [1.29, 1.82) is 0 Å². The molecule has 0 bridgehead atoms. The molecule has 172 valence electrons. The van der Waals surface area contributed by atoms with Crippen LogP contribution in [0.15, 0.2) is 73.0 Å². The van der Waals surface area contributed by atoms with E-state index in [0.717, 1.165) is 28.8 Å². The Morgan fingerprint density at radius 1 is 1.03 bits per heavy atom. The predicted molar refractivity (Wildman–Crippen MR) is 132 cm³/mol. The smallest absolute Gasteiger partial charge is 0.335 e. The second-order valence-corrected chi connectivity index (χ2v) is 8.73. The van der Waals surface area contributed by atoms with E-state index in [2.05, 4.69) is 17.1 Å². The van der Waals surface area contributed by atoms with Gasteiger partial charge in [-0.1, -0.05) is 84.5 Å². The van der Waals surface area contributed by atoms with Gasteiger partial charge >= 0.3 is 5.97 Å². The Hall–Kier alpha value is -3.44. The fraction of sp³-hybridized carbons (Fsp3) is 0.286. The number of nitrogens with zero attached hydrogens (tertiary/aromatic N) is 1. The van der Waals surface area contributed by atoms with Gasteiger partial charge < -0.3 is 14.7 Å². The van der Waals surface area contributed by atoms with Gasteiger partial charge in [-0.2, -0.15) is 0 Å². The summed E-state index contributed by atoms with van der Waals surface area (Å²) in [4.78, 5) is 25.8. The highest BCUT2D eigenvalue weighted by atomic mass is 16.5. The minimum absolute atomic E-state index is 0.0998. The van der Waals surface area contributed by atoms with Crippen LogP contribution in [-0.2, 0) is 9.53 Å². The number of benzene rings is 2. The molecule has 5 nitrogen and oxygen atoms in total. The Morgan fingerprint density at radius 2 is 1.64 bits per heavy atom. The number of aliphatic carboxylic acids is 1. The standard InChI is InChI=1S/C28H31NO4/c1-21-8-14-24(15-9-21)26(30)25-16-18-29(20-25)17-4-6-22-10-12-23(13-11-22)7-5-19-33-28(2,3)27(31)32/h4-16,18,25H,17,19-20H2,1-3H3,(H,31,32)/b6-4+,7-5+. The number of ether oxygens (including phenoxy) is 1. The van der Waals surface area contributed by atoms with Gasteiger partial charge in [-0.3, -0.25) is 4.79 Å². The number of hydrogen-bond acceptors (Lipinski definition) is 4. The summed E-state index contributed by atoms with van der Waals surface area (Å²) in [6, 6.07) is 15.8. The van der Waals surface area contributed by atoms with Crippen molar-refractivity contribution >= 4 is 23.9 Å². The van der Waals surface area contributed by atoms with Crippen molar-refractivity contribution in [2.24, 2.45) is 5.92 Å². The largest absolute Gasteiger partial charge is 0.479 e. The van der Waals surface area contributed by atoms with E-state index in [9.17, 15) is 9.59 Å². The molecule has 1 unspecified atom stereocenters. The zero-order valence-corrected chi connectivity index (χ0v) is 19.4. The molecular formula is C28H31NO4. The summed E-state index contributed by atoms with van der Waals surface area (Å²) in [6.45, 7) is 6.75. The molecule has 1 atom stereocenters. The molecule has 2 aromatic carbocycles. The molecule has 33 heavy (non-hydrogen) atoms. The number of carboxylic acid groups (broad SMARTS) is 1. The number of carbonyl (C=O) groups excluding carboxylic acids is 1. The normalized spacial score (nSPS) is 16.2. The molecule has 0 spiro atoms. The second-order valence-electron chi connectivity index (χ2n) is 8.73. The minimum atomic E-state index is -1.20. The summed E-state index contributed by atoms with van der Waals surface area (Å²) in [5.41, 5.74) is 2.82. The van der Waals surface area contributed by atoms with Gasteiger partial charge in [-0.15, -0.1) is 0 Å². The minimum Gasteiger partial charge on any atom is -0.479 e. The third-order valence-corrected chi connectivity index (χ3v) is 5.59. The van der Waals surface area contributed by atoms with Crippen molar-refractivity contribution in [2.75, 3.05) is 19.7 Å². The summed E-state index contributed by atoms with van der Waals surface area (Å²) < 4.78 is 5.36. The van der Waals surface area contributed by atoms with Crippen molar-refractivity contribution in [3.05, 3.63) is 95.2 Å². The van der Waals surface area contributed by atoms with Crippen LogP contribution in [0.2, 0.25) is 0 Å². The fourth-order valence-corrected chi connectivity index (χ4v) is 3.38. The van der Waals surface area contributed by atoms with E-state index in [1.165, 1.54) is 13.8 Å². The van der Waals surface area contributed by atoms with E-state index in [0.29, 0.717) is 6.54 Å². The molecule has 1 aliphatic heterocycles. The molecule has 0 aromatic heterocycles. The monoisotopic (exact) mass is 445 g/mol. The number of ketones is 1. The van der Waals surface area contributed by atoms with Gasteiger partial charge in [0, 0.05) is 18.7 Å². The molecule has 0 saturated carbocycles. The maximum atomic E-state index is 12.7. The zero-order chi connectivity index (χ0) is 23.8. The molecule has 1 aliphatic rings. The van der Waals surface area contributed by atoms with E-state index < -0.39 is 11.6 Å². The van der Waals surface area contributed by atoms with Gasteiger partial charge in [0.2, 0.25) is 0 Å². The molecule has 1 N–H and O–H groups in total. The summed E-state index contributed by atoms with van der Waals surface area (Å²) in [6.07, 6.45) is 11.9. The van der Waals surface area contributed by atoms with Gasteiger partial charge in [-0.05, 0) is 38.1 Å². The van der Waals surface area contributed by atoms with Crippen LogP contribution in [-0.4, -0.2) is 47.1 Å². The fourth-order valence-electron chi connectivity index (χ4n) is 3.38. The molecule has 0 saturated heterocycles. The van der Waals surface area contributed by atoms with Crippen molar-refractivity contribution < 1.29 is 19.4 Å². The molecule has 0 amide bonds. The van der Waals surface area contributed by atoms with Crippen LogP contribution in [0.4, 0.5) is 0 Å². The lowest BCUT2D eigenvalue weighted by atomic mass is 9.98. The van der Waals surface area contributed by atoms with E-state index >= 15 is 0 Å². The molecular weight excluding hydrogens is 414 g/mol. The number of Topliss-reactive ketones (excluding diaryl/α,β-unsaturated/α-hetero) is 1. The summed E-state index contributed by atoms with van der Waals surface area (Å²) >= 11 is 0. The maximum Gasteiger partial charge on any atom is 0.335 e. The third-order valence-electron chi connectivity index (χ3n) is 5.59. The number of rotatable bonds is 10. The van der Waals surface area contributed by atoms with Gasteiger partial charge in [0.05, 0.1) is 12.5 Å². The summed E-state index contributed by atoms with van der Waals surface area (Å²) in [5.74, 6) is -0.916. The molecule has 3 rings (SSSR count). The van der Waals surface area contributed by atoms with Gasteiger partial charge in [0.25, 0.3) is 0 Å². The average molecular weight is 446 g/mol. The Morgan fingerprint density at radius 3 is 2.24 bits per heavy atom. The van der Waals surface area contributed by atoms with Crippen LogP contribution >= 0.6 is 0 Å². The van der Waals surface area contributed by atoms with Crippen molar-refractivity contribution in [3.63, 3.8) is 0 Å². The lowest BCUT2D eigenvalue weighted by Gasteiger charge is -2.18. The summed E-state index contributed by atoms with van der Waals surface area (Å²) in [5, 5.41) is 9.04. The maximum absolute atomic E-state index is 12.7. The first-order chi connectivity index (χ1) is 15.7. The van der Waals surface area contributed by atoms with E-state index in [4.69, 9.17) is 9.84 Å². The lowest BCUT2D eigenvalue weighted by Crippen LogP contribution is -2.34. The first-order valence-corrected chi connectivity index (χ1v) is 11.1. The number of aryl methyl sites for hydroxylation is 1. The Bertz CT molecular complexity index is 1050. The number of carbonyl (C=O) groups is 2. The molecule has 0 fully saturated rings. The topological polar surface area (TPSA) is 66.8 Å². The SMILES string of the molecule is Cc1ccc(C(=O)C2C=CN(C/C=C/c3ccc(/C=C/COC(C)(C)C(=O)O)cc3)C2)cc1. The van der Waals surface area contributed by atoms with Crippen LogP contribution in [0.25, 0.3) is 12.2 Å². The highest BCUT2D eigenvalue weighted by Gasteiger charge is 2.27. The van der Waals surface area contributed by atoms with Crippen molar-refractivity contribution in [2.45, 2.75) is 26.4 Å². The van der Waals surface area contributed by atoms with Crippen LogP contribution in [0.3, 0.4) is 0 Å². The van der Waals surface area contributed by atoms with E-state index in [-0.39, 0.29) is 18.3 Å². The van der Waals surface area contributed by atoms with Gasteiger partial charge in [0.1, 0.15) is 0 Å². The second kappa shape index (κ2) is 10.9. The quantitative estimate of drug-likeness (QED) is 0.507. The van der Waals surface area contributed by atoms with Gasteiger partial charge in [-0.25, -0.2) is 4.79 Å². The molecule has 0 radical (unpaired) electrons. The van der Waals surface area contributed by atoms with Crippen LogP contribution in [0.5, 0.6) is 0 Å². The van der Waals surface area contributed by atoms with E-state index in [1.807, 2.05) is 79.9 Å². The van der Waals surface area contributed by atoms with Crippen molar-refractivity contribution in [1.82, 2.24) is 4.90 Å². The average Bonchev–Trinajstić information content (AvgIpc) is 3.26. The first kappa shape index (κ1) is 24.2. The van der Waals surface area contributed by atoms with Crippen LogP contribution in [0.1, 0.15) is 40.9 Å². The zero-order valence-electron chi connectivity index (χ0n) is 19.4.